The molecule has 0 aliphatic rings. The number of nitrogens with zero attached hydrogens (tertiary/aromatic N) is 4. The molecule has 4 heteroatoms. The standard InChI is InChI=1S/C42H26N4/c1-2-14-29(15-3-1)43-36-20-10-6-16-31(36)33-26-30(22-23-38(33)43)44-37-21-11-7-17-32(37)41-39-24-27-12-4-8-18-34(27)45(39)40-25-28-13-5-9-19-35(28)46(40)42(41)44/h1-26H. The molecule has 5 heterocycles. The zero-order valence-electron chi connectivity index (χ0n) is 24.8. The molecule has 0 atom stereocenters. The molecule has 11 aromatic rings. The van der Waals surface area contributed by atoms with Crippen LogP contribution in [0.3, 0.4) is 0 Å². The Morgan fingerprint density at radius 3 is 1.70 bits per heavy atom. The van der Waals surface area contributed by atoms with Crippen LogP contribution in [-0.2, 0) is 0 Å². The molecule has 0 radical (unpaired) electrons. The van der Waals surface area contributed by atoms with Crippen LogP contribution in [0.4, 0.5) is 0 Å². The molecule has 6 aromatic carbocycles. The lowest BCUT2D eigenvalue weighted by atomic mass is 10.1. The van der Waals surface area contributed by atoms with Gasteiger partial charge in [-0.05, 0) is 66.7 Å². The molecule has 0 amide bonds. The number of rotatable bonds is 2. The molecule has 214 valence electrons. The number of benzene rings is 6. The summed E-state index contributed by atoms with van der Waals surface area (Å²) in [5.74, 6) is 0. The second-order valence-corrected chi connectivity index (χ2v) is 12.3. The van der Waals surface area contributed by atoms with Crippen LogP contribution >= 0.6 is 0 Å². The van der Waals surface area contributed by atoms with E-state index in [4.69, 9.17) is 0 Å². The van der Waals surface area contributed by atoms with Gasteiger partial charge >= 0.3 is 0 Å². The van der Waals surface area contributed by atoms with E-state index in [-0.39, 0.29) is 0 Å². The molecule has 46 heavy (non-hydrogen) atoms. The highest BCUT2D eigenvalue weighted by Crippen LogP contribution is 2.41. The summed E-state index contributed by atoms with van der Waals surface area (Å²) in [4.78, 5) is 0. The van der Waals surface area contributed by atoms with E-state index in [9.17, 15) is 0 Å². The fourth-order valence-corrected chi connectivity index (χ4v) is 8.02. The molecule has 0 spiro atoms. The number of aromatic nitrogens is 4. The predicted octanol–water partition coefficient (Wildman–Crippen LogP) is 10.7. The van der Waals surface area contributed by atoms with Crippen LogP contribution in [0.1, 0.15) is 0 Å². The highest BCUT2D eigenvalue weighted by molar-refractivity contribution is 6.19. The number of hydrogen-bond acceptors (Lipinski definition) is 0. The average Bonchev–Trinajstić information content (AvgIpc) is 3.86. The summed E-state index contributed by atoms with van der Waals surface area (Å²) in [6.07, 6.45) is 0. The van der Waals surface area contributed by atoms with E-state index in [1.54, 1.807) is 0 Å². The Hall–Kier alpha value is -6.26. The minimum absolute atomic E-state index is 1.15. The third-order valence-electron chi connectivity index (χ3n) is 9.88. The first-order chi connectivity index (χ1) is 22.8. The summed E-state index contributed by atoms with van der Waals surface area (Å²) in [5, 5.41) is 7.47. The second kappa shape index (κ2) is 8.68. The van der Waals surface area contributed by atoms with Crippen molar-refractivity contribution >= 4 is 76.7 Å². The Balaban J connectivity index is 1.36. The van der Waals surface area contributed by atoms with Crippen molar-refractivity contribution < 1.29 is 0 Å². The average molecular weight is 587 g/mol. The molecule has 5 aromatic heterocycles. The van der Waals surface area contributed by atoms with E-state index < -0.39 is 0 Å². The van der Waals surface area contributed by atoms with Crippen LogP contribution in [-0.4, -0.2) is 17.9 Å². The highest BCUT2D eigenvalue weighted by atomic mass is 15.2. The Bertz CT molecular complexity index is 2990. The van der Waals surface area contributed by atoms with Crippen LogP contribution in [0.5, 0.6) is 0 Å². The number of fused-ring (bicyclic) bond motifs is 15. The summed E-state index contributed by atoms with van der Waals surface area (Å²) < 4.78 is 9.79. The molecule has 11 rings (SSSR count). The van der Waals surface area contributed by atoms with Crippen LogP contribution in [0.2, 0.25) is 0 Å². The van der Waals surface area contributed by atoms with Crippen molar-refractivity contribution in [3.63, 3.8) is 0 Å². The van der Waals surface area contributed by atoms with Crippen molar-refractivity contribution in [3.05, 3.63) is 158 Å². The van der Waals surface area contributed by atoms with Crippen LogP contribution in [0.15, 0.2) is 158 Å². The maximum absolute atomic E-state index is 2.48. The van der Waals surface area contributed by atoms with Gasteiger partial charge in [-0.3, -0.25) is 13.4 Å². The fraction of sp³-hybridized carbons (Fsp3) is 0. The van der Waals surface area contributed by atoms with Crippen molar-refractivity contribution in [1.82, 2.24) is 17.9 Å². The van der Waals surface area contributed by atoms with Crippen molar-refractivity contribution in [3.8, 4) is 11.4 Å². The minimum Gasteiger partial charge on any atom is -0.309 e. The molecule has 0 aliphatic carbocycles. The SMILES string of the molecule is c1ccc(-n2c3ccccc3c3cc(-n4c5ccccc5c5c6cc7ccccc7n6c6cc7ccccc7n6c54)ccc32)cc1. The van der Waals surface area contributed by atoms with E-state index in [0.29, 0.717) is 0 Å². The van der Waals surface area contributed by atoms with Gasteiger partial charge in [0, 0.05) is 43.7 Å². The Morgan fingerprint density at radius 2 is 0.913 bits per heavy atom. The van der Waals surface area contributed by atoms with E-state index in [2.05, 4.69) is 176 Å². The number of hydrogen-bond donors (Lipinski definition) is 0. The van der Waals surface area contributed by atoms with Gasteiger partial charge in [-0.1, -0.05) is 91.0 Å². The van der Waals surface area contributed by atoms with Crippen LogP contribution in [0, 0.1) is 0 Å². The maximum Gasteiger partial charge on any atom is 0.134 e. The van der Waals surface area contributed by atoms with E-state index in [0.717, 1.165) is 11.3 Å². The van der Waals surface area contributed by atoms with Gasteiger partial charge in [0.05, 0.1) is 33.1 Å². The van der Waals surface area contributed by atoms with E-state index in [1.165, 1.54) is 76.8 Å². The first-order valence-electron chi connectivity index (χ1n) is 15.8. The van der Waals surface area contributed by atoms with Gasteiger partial charge in [-0.15, -0.1) is 0 Å². The van der Waals surface area contributed by atoms with Crippen LogP contribution in [0.25, 0.3) is 88.1 Å². The highest BCUT2D eigenvalue weighted by Gasteiger charge is 2.23. The Morgan fingerprint density at radius 1 is 0.326 bits per heavy atom. The monoisotopic (exact) mass is 586 g/mol. The van der Waals surface area contributed by atoms with Gasteiger partial charge in [0.15, 0.2) is 0 Å². The Labute approximate surface area is 263 Å². The summed E-state index contributed by atoms with van der Waals surface area (Å²) in [6.45, 7) is 0. The molecule has 4 nitrogen and oxygen atoms in total. The molecule has 0 fully saturated rings. The summed E-state index contributed by atoms with van der Waals surface area (Å²) >= 11 is 0. The van der Waals surface area contributed by atoms with Crippen molar-refractivity contribution in [1.29, 1.82) is 0 Å². The number of para-hydroxylation sites is 5. The third kappa shape index (κ3) is 2.98. The van der Waals surface area contributed by atoms with Crippen LogP contribution < -0.4 is 0 Å². The second-order valence-electron chi connectivity index (χ2n) is 12.3. The Kier molecular flexibility index (Phi) is 4.55. The lowest BCUT2D eigenvalue weighted by molar-refractivity contribution is 1.09. The summed E-state index contributed by atoms with van der Waals surface area (Å²) in [5.41, 5.74) is 11.9. The van der Waals surface area contributed by atoms with Gasteiger partial charge in [0.1, 0.15) is 11.3 Å². The molecule has 0 unspecified atom stereocenters. The molecular weight excluding hydrogens is 560 g/mol. The van der Waals surface area contributed by atoms with E-state index >= 15 is 0 Å². The largest absolute Gasteiger partial charge is 0.309 e. The van der Waals surface area contributed by atoms with Gasteiger partial charge in [0.25, 0.3) is 0 Å². The molecule has 0 aliphatic heterocycles. The maximum atomic E-state index is 2.48. The first-order valence-corrected chi connectivity index (χ1v) is 15.8. The van der Waals surface area contributed by atoms with Crippen molar-refractivity contribution in [2.45, 2.75) is 0 Å². The molecular formula is C42H26N4. The summed E-state index contributed by atoms with van der Waals surface area (Å²) in [7, 11) is 0. The minimum atomic E-state index is 1.15. The first kappa shape index (κ1) is 24.1. The van der Waals surface area contributed by atoms with E-state index in [1.807, 2.05) is 0 Å². The van der Waals surface area contributed by atoms with Gasteiger partial charge in [-0.25, -0.2) is 0 Å². The lowest BCUT2D eigenvalue weighted by Gasteiger charge is -2.13. The van der Waals surface area contributed by atoms with Gasteiger partial charge in [-0.2, -0.15) is 0 Å². The van der Waals surface area contributed by atoms with Crippen molar-refractivity contribution in [2.75, 3.05) is 0 Å². The molecule has 0 bridgehead atoms. The predicted molar refractivity (Wildman–Crippen MR) is 192 cm³/mol. The quantitative estimate of drug-likeness (QED) is 0.192. The smallest absolute Gasteiger partial charge is 0.134 e. The summed E-state index contributed by atoms with van der Waals surface area (Å²) in [6, 6.07) is 57.5. The zero-order chi connectivity index (χ0) is 29.9. The van der Waals surface area contributed by atoms with Gasteiger partial charge < -0.3 is 4.57 Å². The fourth-order valence-electron chi connectivity index (χ4n) is 8.02. The topological polar surface area (TPSA) is 18.7 Å². The normalized spacial score (nSPS) is 12.3. The third-order valence-corrected chi connectivity index (χ3v) is 9.88. The molecule has 0 saturated heterocycles. The molecule has 0 saturated carbocycles. The van der Waals surface area contributed by atoms with Gasteiger partial charge in [0.2, 0.25) is 0 Å². The zero-order valence-corrected chi connectivity index (χ0v) is 24.8. The molecule has 0 N–H and O–H groups in total. The lowest BCUT2D eigenvalue weighted by Crippen LogP contribution is -2.02. The van der Waals surface area contributed by atoms with Crippen molar-refractivity contribution in [2.24, 2.45) is 0 Å².